The fourth-order valence-electron chi connectivity index (χ4n) is 2.85. The number of nitrogens with one attached hydrogen (secondary N) is 1. The van der Waals surface area contributed by atoms with E-state index in [-0.39, 0.29) is 17.3 Å². The van der Waals surface area contributed by atoms with E-state index in [1.165, 1.54) is 24.6 Å². The molecule has 1 aromatic carbocycles. The largest absolute Gasteiger partial charge is 0.478 e. The molecule has 0 aromatic heterocycles. The van der Waals surface area contributed by atoms with E-state index in [9.17, 15) is 9.18 Å². The average Bonchev–Trinajstić information content (AvgIpc) is 2.41. The van der Waals surface area contributed by atoms with Crippen LogP contribution in [-0.4, -0.2) is 17.1 Å². The molecule has 4 heteroatoms. The van der Waals surface area contributed by atoms with Crippen LogP contribution in [0.4, 0.5) is 10.1 Å². The van der Waals surface area contributed by atoms with E-state index in [1.54, 1.807) is 0 Å². The molecule has 3 nitrogen and oxygen atoms in total. The minimum atomic E-state index is -1.09. The van der Waals surface area contributed by atoms with Crippen LogP contribution in [0.3, 0.4) is 0 Å². The summed E-state index contributed by atoms with van der Waals surface area (Å²) in [6, 6.07) is 4.34. The summed E-state index contributed by atoms with van der Waals surface area (Å²) < 4.78 is 13.8. The van der Waals surface area contributed by atoms with Crippen molar-refractivity contribution in [1.29, 1.82) is 0 Å². The van der Waals surface area contributed by atoms with E-state index >= 15 is 0 Å². The maximum absolute atomic E-state index is 13.8. The lowest BCUT2D eigenvalue weighted by Crippen LogP contribution is -2.28. The fraction of sp³-hybridized carbons (Fsp3) is 0.533. The van der Waals surface area contributed by atoms with Gasteiger partial charge in [-0.1, -0.05) is 32.3 Å². The van der Waals surface area contributed by atoms with Gasteiger partial charge in [0.15, 0.2) is 0 Å². The second-order valence-corrected chi connectivity index (χ2v) is 5.25. The number of para-hydroxylation sites is 1. The first-order valence-electron chi connectivity index (χ1n) is 6.90. The average molecular weight is 265 g/mol. The highest BCUT2D eigenvalue weighted by molar-refractivity contribution is 5.94. The number of halogens is 1. The summed E-state index contributed by atoms with van der Waals surface area (Å²) in [5.74, 6) is -0.922. The minimum absolute atomic E-state index is 0.0126. The zero-order valence-electron chi connectivity index (χ0n) is 11.2. The third kappa shape index (κ3) is 3.25. The Morgan fingerprint density at radius 3 is 2.95 bits per heavy atom. The Morgan fingerprint density at radius 2 is 2.26 bits per heavy atom. The Bertz CT molecular complexity index is 461. The van der Waals surface area contributed by atoms with Crippen LogP contribution in [0.2, 0.25) is 0 Å². The molecule has 19 heavy (non-hydrogen) atoms. The molecule has 1 aromatic rings. The van der Waals surface area contributed by atoms with E-state index in [0.29, 0.717) is 5.92 Å². The first-order valence-corrected chi connectivity index (χ1v) is 6.90. The lowest BCUT2D eigenvalue weighted by atomic mass is 9.84. The molecule has 0 saturated heterocycles. The van der Waals surface area contributed by atoms with Gasteiger partial charge in [-0.05, 0) is 30.9 Å². The van der Waals surface area contributed by atoms with Crippen LogP contribution in [0, 0.1) is 11.7 Å². The second kappa shape index (κ2) is 6.04. The smallest absolute Gasteiger partial charge is 0.337 e. The van der Waals surface area contributed by atoms with Crippen molar-refractivity contribution < 1.29 is 14.3 Å². The number of carboxylic acids is 1. The third-order valence-corrected chi connectivity index (χ3v) is 3.95. The molecule has 2 unspecified atom stereocenters. The Kier molecular flexibility index (Phi) is 4.40. The molecule has 104 valence electrons. The fourth-order valence-corrected chi connectivity index (χ4v) is 2.85. The SMILES string of the molecule is CCC1CCCC(Nc2c(F)cccc2C(=O)O)C1. The molecular weight excluding hydrogens is 245 g/mol. The van der Waals surface area contributed by atoms with Crippen molar-refractivity contribution in [3.8, 4) is 0 Å². The van der Waals surface area contributed by atoms with Crippen LogP contribution in [-0.2, 0) is 0 Å². The van der Waals surface area contributed by atoms with Crippen LogP contribution in [0.25, 0.3) is 0 Å². The number of aromatic carboxylic acids is 1. The van der Waals surface area contributed by atoms with Gasteiger partial charge in [0, 0.05) is 6.04 Å². The molecule has 0 amide bonds. The van der Waals surface area contributed by atoms with Crippen molar-refractivity contribution in [2.75, 3.05) is 5.32 Å². The number of rotatable bonds is 4. The molecule has 2 N–H and O–H groups in total. The Hall–Kier alpha value is -1.58. The summed E-state index contributed by atoms with van der Waals surface area (Å²) in [5, 5.41) is 12.2. The van der Waals surface area contributed by atoms with Gasteiger partial charge in [0.05, 0.1) is 11.3 Å². The quantitative estimate of drug-likeness (QED) is 0.868. The predicted molar refractivity (Wildman–Crippen MR) is 73.0 cm³/mol. The zero-order valence-corrected chi connectivity index (χ0v) is 11.2. The van der Waals surface area contributed by atoms with Gasteiger partial charge in [-0.2, -0.15) is 0 Å². The summed E-state index contributed by atoms with van der Waals surface area (Å²) in [6.07, 6.45) is 5.43. The lowest BCUT2D eigenvalue weighted by molar-refractivity contribution is 0.0697. The molecular formula is C15H20FNO2. The van der Waals surface area contributed by atoms with Gasteiger partial charge in [0.1, 0.15) is 5.82 Å². The number of carboxylic acid groups (broad SMARTS) is 1. The van der Waals surface area contributed by atoms with Gasteiger partial charge < -0.3 is 10.4 Å². The van der Waals surface area contributed by atoms with Crippen LogP contribution >= 0.6 is 0 Å². The van der Waals surface area contributed by atoms with Gasteiger partial charge in [-0.25, -0.2) is 9.18 Å². The highest BCUT2D eigenvalue weighted by Crippen LogP contribution is 2.30. The summed E-state index contributed by atoms with van der Waals surface area (Å²) in [4.78, 5) is 11.1. The highest BCUT2D eigenvalue weighted by Gasteiger charge is 2.23. The molecule has 0 spiro atoms. The van der Waals surface area contributed by atoms with Crippen molar-refractivity contribution in [2.24, 2.45) is 5.92 Å². The first kappa shape index (κ1) is 13.8. The Labute approximate surface area is 112 Å². The molecule has 0 radical (unpaired) electrons. The van der Waals surface area contributed by atoms with Gasteiger partial charge in [-0.15, -0.1) is 0 Å². The third-order valence-electron chi connectivity index (χ3n) is 3.95. The summed E-state index contributed by atoms with van der Waals surface area (Å²) in [5.41, 5.74) is 0.148. The minimum Gasteiger partial charge on any atom is -0.478 e. The van der Waals surface area contributed by atoms with E-state index in [0.717, 1.165) is 25.7 Å². The number of hydrogen-bond donors (Lipinski definition) is 2. The molecule has 2 atom stereocenters. The van der Waals surface area contributed by atoms with Gasteiger partial charge >= 0.3 is 5.97 Å². The van der Waals surface area contributed by atoms with E-state index < -0.39 is 11.8 Å². The molecule has 1 aliphatic carbocycles. The maximum Gasteiger partial charge on any atom is 0.337 e. The highest BCUT2D eigenvalue weighted by atomic mass is 19.1. The van der Waals surface area contributed by atoms with Crippen molar-refractivity contribution in [3.63, 3.8) is 0 Å². The van der Waals surface area contributed by atoms with Gasteiger partial charge in [0.25, 0.3) is 0 Å². The van der Waals surface area contributed by atoms with Crippen LogP contribution in [0.15, 0.2) is 18.2 Å². The van der Waals surface area contributed by atoms with E-state index in [4.69, 9.17) is 5.11 Å². The predicted octanol–water partition coefficient (Wildman–Crippen LogP) is 3.90. The topological polar surface area (TPSA) is 49.3 Å². The first-order chi connectivity index (χ1) is 9.11. The second-order valence-electron chi connectivity index (χ2n) is 5.25. The summed E-state index contributed by atoms with van der Waals surface area (Å²) >= 11 is 0. The van der Waals surface area contributed by atoms with Crippen molar-refractivity contribution >= 4 is 11.7 Å². The normalized spacial score (nSPS) is 23.1. The van der Waals surface area contributed by atoms with E-state index in [1.807, 2.05) is 0 Å². The maximum atomic E-state index is 13.8. The Morgan fingerprint density at radius 1 is 1.47 bits per heavy atom. The zero-order chi connectivity index (χ0) is 13.8. The van der Waals surface area contributed by atoms with E-state index in [2.05, 4.69) is 12.2 Å². The molecule has 0 aliphatic heterocycles. The molecule has 1 aliphatic rings. The van der Waals surface area contributed by atoms with Crippen LogP contribution in [0.1, 0.15) is 49.4 Å². The Balaban J connectivity index is 2.16. The van der Waals surface area contributed by atoms with Gasteiger partial charge in [-0.3, -0.25) is 0 Å². The summed E-state index contributed by atoms with van der Waals surface area (Å²) in [7, 11) is 0. The monoisotopic (exact) mass is 265 g/mol. The van der Waals surface area contributed by atoms with Crippen molar-refractivity contribution in [2.45, 2.75) is 45.1 Å². The number of benzene rings is 1. The molecule has 1 fully saturated rings. The molecule has 0 bridgehead atoms. The van der Waals surface area contributed by atoms with Crippen LogP contribution < -0.4 is 5.32 Å². The number of anilines is 1. The lowest BCUT2D eigenvalue weighted by Gasteiger charge is -2.30. The number of carbonyl (C=O) groups is 1. The van der Waals surface area contributed by atoms with Gasteiger partial charge in [0.2, 0.25) is 0 Å². The standard InChI is InChI=1S/C15H20FNO2/c1-2-10-5-3-6-11(9-10)17-14-12(15(18)19)7-4-8-13(14)16/h4,7-8,10-11,17H,2-3,5-6,9H2,1H3,(H,18,19). The molecule has 1 saturated carbocycles. The van der Waals surface area contributed by atoms with Crippen LogP contribution in [0.5, 0.6) is 0 Å². The van der Waals surface area contributed by atoms with Crippen molar-refractivity contribution in [1.82, 2.24) is 0 Å². The number of hydrogen-bond acceptors (Lipinski definition) is 2. The summed E-state index contributed by atoms with van der Waals surface area (Å²) in [6.45, 7) is 2.17. The molecule has 0 heterocycles. The van der Waals surface area contributed by atoms with Crippen molar-refractivity contribution in [3.05, 3.63) is 29.6 Å². The molecule has 2 rings (SSSR count).